The Labute approximate surface area is 157 Å². The molecular weight excluding hydrogens is 440 g/mol. The number of likely N-dealkylation sites (N-methyl/N-ethyl adjacent to an activating group) is 1. The highest BCUT2D eigenvalue weighted by Gasteiger charge is 2.24. The van der Waals surface area contributed by atoms with Crippen molar-refractivity contribution in [2.75, 3.05) is 18.9 Å². The van der Waals surface area contributed by atoms with Gasteiger partial charge in [0.15, 0.2) is 0 Å². The minimum Gasteiger partial charge on any atom is -0.465 e. The molecule has 0 spiro atoms. The number of carbonyl (C=O) groups is 2. The fraction of sp³-hybridized carbons (Fsp3) is 0.294. The molecule has 7 heteroatoms. The van der Waals surface area contributed by atoms with Gasteiger partial charge in [0, 0.05) is 17.2 Å². The van der Waals surface area contributed by atoms with Crippen LogP contribution in [0.1, 0.15) is 27.4 Å². The van der Waals surface area contributed by atoms with Gasteiger partial charge in [-0.1, -0.05) is 15.9 Å². The number of anilines is 1. The molecule has 24 heavy (non-hydrogen) atoms. The number of carbonyl (C=O) groups excluding carboxylic acids is 2. The molecule has 0 saturated heterocycles. The smallest absolute Gasteiger partial charge is 0.258 e. The van der Waals surface area contributed by atoms with Gasteiger partial charge in [0.05, 0.1) is 16.6 Å². The second-order valence-electron chi connectivity index (χ2n) is 5.57. The second kappa shape index (κ2) is 7.53. The molecule has 0 aliphatic rings. The summed E-state index contributed by atoms with van der Waals surface area (Å²) in [5.74, 6) is 0.642. The summed E-state index contributed by atoms with van der Waals surface area (Å²) in [6, 6.07) is 5.59. The maximum absolute atomic E-state index is 12.5. The van der Waals surface area contributed by atoms with E-state index in [2.05, 4.69) is 37.2 Å². The topological polar surface area (TPSA) is 62.6 Å². The average molecular weight is 458 g/mol. The van der Waals surface area contributed by atoms with Crippen molar-refractivity contribution in [2.45, 2.75) is 20.8 Å². The fourth-order valence-corrected chi connectivity index (χ4v) is 3.34. The standard InChI is InChI=1S/C17H18Br2N2O3/c1-9-7-12(18)5-6-13(9)20-14(22)8-21(4)17(23)15-10(2)24-11(3)16(15)19/h5-7H,8H2,1-4H3,(H,20,22). The van der Waals surface area contributed by atoms with Crippen molar-refractivity contribution in [1.29, 1.82) is 0 Å². The number of benzene rings is 1. The van der Waals surface area contributed by atoms with Crippen molar-refractivity contribution in [3.63, 3.8) is 0 Å². The van der Waals surface area contributed by atoms with E-state index < -0.39 is 0 Å². The maximum Gasteiger partial charge on any atom is 0.258 e. The van der Waals surface area contributed by atoms with Crippen molar-refractivity contribution in [3.8, 4) is 0 Å². The van der Waals surface area contributed by atoms with E-state index in [0.717, 1.165) is 15.7 Å². The van der Waals surface area contributed by atoms with E-state index in [4.69, 9.17) is 4.42 Å². The van der Waals surface area contributed by atoms with Gasteiger partial charge in [0.25, 0.3) is 5.91 Å². The van der Waals surface area contributed by atoms with Crippen LogP contribution >= 0.6 is 31.9 Å². The van der Waals surface area contributed by atoms with Gasteiger partial charge in [0.2, 0.25) is 5.91 Å². The van der Waals surface area contributed by atoms with Crippen LogP contribution in [0, 0.1) is 20.8 Å². The van der Waals surface area contributed by atoms with Gasteiger partial charge >= 0.3 is 0 Å². The van der Waals surface area contributed by atoms with E-state index in [9.17, 15) is 9.59 Å². The normalized spacial score (nSPS) is 10.6. The van der Waals surface area contributed by atoms with Crippen molar-refractivity contribution in [2.24, 2.45) is 0 Å². The Bertz CT molecular complexity index is 799. The van der Waals surface area contributed by atoms with Crippen LogP contribution in [0.5, 0.6) is 0 Å². The van der Waals surface area contributed by atoms with Gasteiger partial charge in [-0.3, -0.25) is 9.59 Å². The third kappa shape index (κ3) is 4.08. The minimum atomic E-state index is -0.265. The van der Waals surface area contributed by atoms with Crippen molar-refractivity contribution in [1.82, 2.24) is 4.90 Å². The third-order valence-electron chi connectivity index (χ3n) is 3.59. The van der Waals surface area contributed by atoms with Gasteiger partial charge in [0.1, 0.15) is 11.5 Å². The van der Waals surface area contributed by atoms with Gasteiger partial charge in [-0.2, -0.15) is 0 Å². The van der Waals surface area contributed by atoms with E-state index in [1.165, 1.54) is 4.90 Å². The predicted octanol–water partition coefficient (Wildman–Crippen LogP) is 4.44. The zero-order chi connectivity index (χ0) is 18.0. The Morgan fingerprint density at radius 1 is 1.17 bits per heavy atom. The average Bonchev–Trinajstić information content (AvgIpc) is 2.74. The molecule has 0 saturated carbocycles. The molecule has 1 heterocycles. The molecule has 2 aromatic rings. The highest BCUT2D eigenvalue weighted by molar-refractivity contribution is 9.10. The van der Waals surface area contributed by atoms with Crippen LogP contribution < -0.4 is 5.32 Å². The molecule has 0 unspecified atom stereocenters. The van der Waals surface area contributed by atoms with E-state index in [1.807, 2.05) is 25.1 Å². The van der Waals surface area contributed by atoms with Crippen LogP contribution in [0.25, 0.3) is 0 Å². The minimum absolute atomic E-state index is 0.0511. The summed E-state index contributed by atoms with van der Waals surface area (Å²) in [6.45, 7) is 5.36. The number of aryl methyl sites for hydroxylation is 3. The van der Waals surface area contributed by atoms with Crippen molar-refractivity contribution >= 4 is 49.4 Å². The number of hydrogen-bond donors (Lipinski definition) is 1. The van der Waals surface area contributed by atoms with E-state index in [0.29, 0.717) is 21.6 Å². The first-order valence-electron chi connectivity index (χ1n) is 7.27. The molecule has 2 amide bonds. The van der Waals surface area contributed by atoms with Crippen LogP contribution in [0.15, 0.2) is 31.6 Å². The molecular formula is C17H18Br2N2O3. The molecule has 128 valence electrons. The molecule has 0 aliphatic carbocycles. The highest BCUT2D eigenvalue weighted by atomic mass is 79.9. The number of nitrogens with zero attached hydrogens (tertiary/aromatic N) is 1. The van der Waals surface area contributed by atoms with Crippen LogP contribution in [-0.4, -0.2) is 30.3 Å². The molecule has 0 atom stereocenters. The molecule has 5 nitrogen and oxygen atoms in total. The number of halogens is 2. The van der Waals surface area contributed by atoms with Crippen LogP contribution in [-0.2, 0) is 4.79 Å². The lowest BCUT2D eigenvalue weighted by molar-refractivity contribution is -0.116. The molecule has 1 N–H and O–H groups in total. The Morgan fingerprint density at radius 2 is 1.83 bits per heavy atom. The summed E-state index contributed by atoms with van der Waals surface area (Å²) in [5, 5.41) is 2.82. The lowest BCUT2D eigenvalue weighted by atomic mass is 10.2. The van der Waals surface area contributed by atoms with Gasteiger partial charge in [-0.15, -0.1) is 0 Å². The molecule has 1 aromatic heterocycles. The monoisotopic (exact) mass is 456 g/mol. The van der Waals surface area contributed by atoms with Crippen LogP contribution in [0.3, 0.4) is 0 Å². The first-order valence-corrected chi connectivity index (χ1v) is 8.86. The quantitative estimate of drug-likeness (QED) is 0.738. The van der Waals surface area contributed by atoms with Gasteiger partial charge in [-0.25, -0.2) is 0 Å². The number of furan rings is 1. The Morgan fingerprint density at radius 3 is 2.38 bits per heavy atom. The van der Waals surface area contributed by atoms with Crippen molar-refractivity contribution < 1.29 is 14.0 Å². The van der Waals surface area contributed by atoms with Gasteiger partial charge in [-0.05, 0) is 60.5 Å². The van der Waals surface area contributed by atoms with E-state index >= 15 is 0 Å². The zero-order valence-corrected chi connectivity index (χ0v) is 17.0. The van der Waals surface area contributed by atoms with Gasteiger partial charge < -0.3 is 14.6 Å². The summed E-state index contributed by atoms with van der Waals surface area (Å²) in [6.07, 6.45) is 0. The maximum atomic E-state index is 12.5. The van der Waals surface area contributed by atoms with E-state index in [1.54, 1.807) is 20.9 Å². The molecule has 0 fully saturated rings. The summed E-state index contributed by atoms with van der Waals surface area (Å²) in [7, 11) is 1.59. The summed E-state index contributed by atoms with van der Waals surface area (Å²) >= 11 is 6.74. The third-order valence-corrected chi connectivity index (χ3v) is 5.04. The SMILES string of the molecule is Cc1cc(Br)ccc1NC(=O)CN(C)C(=O)c1c(C)oc(C)c1Br. The largest absolute Gasteiger partial charge is 0.465 e. The molecule has 0 radical (unpaired) electrons. The Balaban J connectivity index is 2.07. The summed E-state index contributed by atoms with van der Waals surface area (Å²) in [5.41, 5.74) is 2.11. The molecule has 0 aliphatic heterocycles. The molecule has 0 bridgehead atoms. The lowest BCUT2D eigenvalue weighted by Gasteiger charge is -2.17. The van der Waals surface area contributed by atoms with Crippen molar-refractivity contribution in [3.05, 3.63) is 49.8 Å². The number of nitrogens with one attached hydrogen (secondary N) is 1. The fourth-order valence-electron chi connectivity index (χ4n) is 2.34. The Hall–Kier alpha value is -1.60. The lowest BCUT2D eigenvalue weighted by Crippen LogP contribution is -2.35. The summed E-state index contributed by atoms with van der Waals surface area (Å²) < 4.78 is 7.02. The van der Waals surface area contributed by atoms with Crippen LogP contribution in [0.2, 0.25) is 0 Å². The molecule has 2 rings (SSSR count). The number of rotatable bonds is 4. The Kier molecular flexibility index (Phi) is 5.87. The summed E-state index contributed by atoms with van der Waals surface area (Å²) in [4.78, 5) is 26.1. The van der Waals surface area contributed by atoms with E-state index in [-0.39, 0.29) is 18.4 Å². The first-order chi connectivity index (χ1) is 11.2. The second-order valence-corrected chi connectivity index (χ2v) is 7.28. The molecule has 1 aromatic carbocycles. The zero-order valence-electron chi connectivity index (χ0n) is 13.9. The highest BCUT2D eigenvalue weighted by Crippen LogP contribution is 2.28. The first kappa shape index (κ1) is 18.7. The number of hydrogen-bond acceptors (Lipinski definition) is 3. The predicted molar refractivity (Wildman–Crippen MR) is 100 cm³/mol. The number of amides is 2. The van der Waals surface area contributed by atoms with Crippen LogP contribution in [0.4, 0.5) is 5.69 Å².